The van der Waals surface area contributed by atoms with Gasteiger partial charge in [-0.25, -0.2) is 0 Å². The summed E-state index contributed by atoms with van der Waals surface area (Å²) < 4.78 is 30.3. The number of nitrogens with zero attached hydrogens (tertiary/aromatic N) is 1. The van der Waals surface area contributed by atoms with Gasteiger partial charge in [0.15, 0.2) is 0 Å². The van der Waals surface area contributed by atoms with Crippen molar-refractivity contribution in [2.75, 3.05) is 40.9 Å². The Kier molecular flexibility index (Phi) is 57.4. The van der Waals surface area contributed by atoms with Gasteiger partial charge in [-0.1, -0.05) is 251 Å². The maximum atomic E-state index is 13.5. The number of hydrogen-bond acceptors (Lipinski definition) is 7. The smallest absolute Gasteiger partial charge is 0.306 e. The van der Waals surface area contributed by atoms with Gasteiger partial charge in [-0.05, 0) is 128 Å². The molecule has 0 aromatic heterocycles. The van der Waals surface area contributed by atoms with Crippen LogP contribution in [-0.4, -0.2) is 69.4 Å². The summed E-state index contributed by atoms with van der Waals surface area (Å²) >= 11 is 0. The fourth-order valence-electron chi connectivity index (χ4n) is 8.74. The fraction of sp³-hybridized carbons (Fsp3) is 0.667. The second-order valence-corrected chi connectivity index (χ2v) is 24.3. The summed E-state index contributed by atoms with van der Waals surface area (Å²) in [5.41, 5.74) is 0. The predicted octanol–water partition coefficient (Wildman–Crippen LogP) is 20.2. The monoisotopic (exact) mass is 1160 g/mol. The second kappa shape index (κ2) is 60.3. The van der Waals surface area contributed by atoms with Gasteiger partial charge < -0.3 is 28.5 Å². The molecular weight excluding hydrogens is 1040 g/mol. The van der Waals surface area contributed by atoms with Crippen LogP contribution < -0.4 is 10.2 Å². The standard InChI is InChI=1S/C72H123N2O7P/c1-7-10-13-16-19-22-25-28-30-32-34-36-37-39-41-43-45-47-50-53-56-59-62-65-72(76)81-70(63-60-57-54-51-48-27-24-21-18-15-12-9-3)69(68-80-82(77,78)79-67-66-74(4,5)6)73-71(75)64-61-58-55-52-49-46-44-42-40-38-35-33-31-29-26-23-20-17-14-11-8-2/h11,14,19-20,22-23,28-31,34-36,38-39,41-42,44,49,52,60,63,69-70H,7-10,12-13,15-18,21,24-27,32-33,37,40,43,45-48,50-51,53-59,61-62,64-68H2,1-6H3,(H-,73,75,77,78)/b14-11-,22-19-,23-20-,30-28-,31-29-,36-34-,38-35-,41-39-,44-42-,52-49-,63-60+. The lowest BCUT2D eigenvalue weighted by atomic mass is 10.0. The van der Waals surface area contributed by atoms with Crippen LogP contribution in [0.4, 0.5) is 0 Å². The highest BCUT2D eigenvalue weighted by Crippen LogP contribution is 2.38. The molecule has 0 bridgehead atoms. The summed E-state index contributed by atoms with van der Waals surface area (Å²) in [4.78, 5) is 40.1. The van der Waals surface area contributed by atoms with Gasteiger partial charge in [0, 0.05) is 12.8 Å². The Morgan fingerprint density at radius 2 is 0.780 bits per heavy atom. The number of phosphoric ester groups is 1. The van der Waals surface area contributed by atoms with Gasteiger partial charge in [0.1, 0.15) is 19.3 Å². The van der Waals surface area contributed by atoms with Gasteiger partial charge in [-0.15, -0.1) is 0 Å². The Morgan fingerprint density at radius 1 is 0.439 bits per heavy atom. The lowest BCUT2D eigenvalue weighted by Crippen LogP contribution is -2.47. The molecule has 0 rings (SSSR count). The van der Waals surface area contributed by atoms with Gasteiger partial charge in [-0.2, -0.15) is 0 Å². The number of esters is 1. The van der Waals surface area contributed by atoms with Crippen molar-refractivity contribution < 1.29 is 37.3 Å². The van der Waals surface area contributed by atoms with E-state index in [0.29, 0.717) is 23.9 Å². The van der Waals surface area contributed by atoms with E-state index in [0.717, 1.165) is 116 Å². The van der Waals surface area contributed by atoms with Crippen LogP contribution >= 0.6 is 7.82 Å². The van der Waals surface area contributed by atoms with Crippen LogP contribution in [0.1, 0.15) is 258 Å². The summed E-state index contributed by atoms with van der Waals surface area (Å²) in [7, 11) is 1.13. The Balaban J connectivity index is 5.30. The molecule has 0 fully saturated rings. The van der Waals surface area contributed by atoms with Crippen LogP contribution in [-0.2, 0) is 27.9 Å². The number of carbonyl (C=O) groups is 2. The fourth-order valence-corrected chi connectivity index (χ4v) is 9.47. The van der Waals surface area contributed by atoms with E-state index in [1.54, 1.807) is 0 Å². The van der Waals surface area contributed by atoms with Crippen molar-refractivity contribution in [2.24, 2.45) is 0 Å². The first-order chi connectivity index (χ1) is 39.9. The number of likely N-dealkylation sites (N-methyl/N-ethyl adjacent to an activating group) is 1. The van der Waals surface area contributed by atoms with E-state index in [2.05, 4.69) is 148 Å². The molecule has 82 heavy (non-hydrogen) atoms. The van der Waals surface area contributed by atoms with E-state index in [4.69, 9.17) is 13.8 Å². The SMILES string of the molecule is CC/C=C\C/C=C\C/C=C\C/C=C\C/C=C\C/C=C\CCCCC(=O)NC(COP(=O)([O-])OCC[N+](C)(C)C)C(/C=C/CCCCCCCCCCCC)OC(=O)CCCCCCCCC/C=C\C/C=C\C/C=C\C/C=C\CCCCC. The minimum Gasteiger partial charge on any atom is -0.756 e. The lowest BCUT2D eigenvalue weighted by molar-refractivity contribution is -0.870. The normalized spacial score (nSPS) is 14.5. The number of carbonyl (C=O) groups excluding carboxylic acids is 2. The number of hydrogen-bond donors (Lipinski definition) is 1. The summed E-state index contributed by atoms with van der Waals surface area (Å²) in [6, 6.07) is -0.927. The number of ether oxygens (including phenoxy) is 1. The highest BCUT2D eigenvalue weighted by atomic mass is 31.2. The van der Waals surface area contributed by atoms with Crippen LogP contribution in [0.3, 0.4) is 0 Å². The molecule has 0 saturated heterocycles. The molecule has 0 radical (unpaired) electrons. The van der Waals surface area contributed by atoms with E-state index in [-0.39, 0.29) is 31.3 Å². The van der Waals surface area contributed by atoms with Crippen molar-refractivity contribution >= 4 is 19.7 Å². The maximum absolute atomic E-state index is 13.5. The molecule has 0 spiro atoms. The summed E-state index contributed by atoms with van der Waals surface area (Å²) in [5.74, 6) is -0.612. The van der Waals surface area contributed by atoms with Gasteiger partial charge in [-0.3, -0.25) is 14.2 Å². The van der Waals surface area contributed by atoms with Crippen LogP contribution in [0.25, 0.3) is 0 Å². The highest BCUT2D eigenvalue weighted by Gasteiger charge is 2.27. The molecule has 0 aliphatic heterocycles. The van der Waals surface area contributed by atoms with E-state index in [1.165, 1.54) is 96.3 Å². The number of allylic oxidation sites excluding steroid dienone is 21. The number of amides is 1. The molecule has 0 aliphatic carbocycles. The molecule has 9 nitrogen and oxygen atoms in total. The third-order valence-corrected chi connectivity index (χ3v) is 14.8. The molecular formula is C72H123N2O7P. The van der Waals surface area contributed by atoms with Crippen molar-refractivity contribution in [3.63, 3.8) is 0 Å². The van der Waals surface area contributed by atoms with Crippen molar-refractivity contribution in [3.05, 3.63) is 134 Å². The molecule has 0 saturated carbocycles. The molecule has 3 unspecified atom stereocenters. The molecule has 0 aromatic rings. The van der Waals surface area contributed by atoms with Crippen molar-refractivity contribution in [3.8, 4) is 0 Å². The number of quaternary nitrogens is 1. The first-order valence-electron chi connectivity index (χ1n) is 33.0. The maximum Gasteiger partial charge on any atom is 0.306 e. The average molecular weight is 1160 g/mol. The van der Waals surface area contributed by atoms with Gasteiger partial charge >= 0.3 is 5.97 Å². The highest BCUT2D eigenvalue weighted by molar-refractivity contribution is 7.45. The van der Waals surface area contributed by atoms with Crippen LogP contribution in [0.2, 0.25) is 0 Å². The Labute approximate surface area is 505 Å². The van der Waals surface area contributed by atoms with E-state index < -0.39 is 26.6 Å². The van der Waals surface area contributed by atoms with E-state index in [9.17, 15) is 19.0 Å². The minimum absolute atomic E-state index is 0.0403. The van der Waals surface area contributed by atoms with Crippen LogP contribution in [0.15, 0.2) is 134 Å². The summed E-state index contributed by atoms with van der Waals surface area (Å²) in [6.07, 6.45) is 85.7. The van der Waals surface area contributed by atoms with E-state index >= 15 is 0 Å². The van der Waals surface area contributed by atoms with Gasteiger partial charge in [0.05, 0.1) is 33.8 Å². The predicted molar refractivity (Wildman–Crippen MR) is 353 cm³/mol. The van der Waals surface area contributed by atoms with Crippen molar-refractivity contribution in [1.82, 2.24) is 5.32 Å². The molecule has 468 valence electrons. The number of nitrogens with one attached hydrogen (secondary N) is 1. The van der Waals surface area contributed by atoms with Gasteiger partial charge in [0.2, 0.25) is 5.91 Å². The zero-order chi connectivity index (χ0) is 60.0. The molecule has 0 aromatic carbocycles. The largest absolute Gasteiger partial charge is 0.756 e. The van der Waals surface area contributed by atoms with Gasteiger partial charge in [0.25, 0.3) is 7.82 Å². The number of unbranched alkanes of at least 4 members (excludes halogenated alkanes) is 22. The molecule has 0 heterocycles. The molecule has 0 aliphatic rings. The Morgan fingerprint density at radius 3 is 1.21 bits per heavy atom. The average Bonchev–Trinajstić information content (AvgIpc) is 3.44. The molecule has 10 heteroatoms. The topological polar surface area (TPSA) is 114 Å². The Hall–Kier alpha value is -3.85. The molecule has 1 amide bonds. The third-order valence-electron chi connectivity index (χ3n) is 13.8. The quantitative estimate of drug-likeness (QED) is 0.0212. The summed E-state index contributed by atoms with van der Waals surface area (Å²) in [5, 5.41) is 3.00. The third kappa shape index (κ3) is 60.7. The second-order valence-electron chi connectivity index (χ2n) is 22.9. The van der Waals surface area contributed by atoms with Crippen molar-refractivity contribution in [1.29, 1.82) is 0 Å². The molecule has 3 atom stereocenters. The summed E-state index contributed by atoms with van der Waals surface area (Å²) in [6.45, 7) is 6.65. The zero-order valence-electron chi connectivity index (χ0n) is 53.4. The first kappa shape index (κ1) is 78.1. The minimum atomic E-state index is -4.73. The lowest BCUT2D eigenvalue weighted by Gasteiger charge is -2.30. The van der Waals surface area contributed by atoms with Crippen LogP contribution in [0, 0.1) is 0 Å². The van der Waals surface area contributed by atoms with E-state index in [1.807, 2.05) is 33.3 Å². The first-order valence-corrected chi connectivity index (χ1v) is 34.5. The number of rotatable bonds is 58. The number of phosphoric acid groups is 1. The Bertz CT molecular complexity index is 1860. The zero-order valence-corrected chi connectivity index (χ0v) is 54.3. The van der Waals surface area contributed by atoms with Crippen LogP contribution in [0.5, 0.6) is 0 Å². The van der Waals surface area contributed by atoms with Crippen molar-refractivity contribution in [2.45, 2.75) is 270 Å². The molecule has 1 N–H and O–H groups in total.